The van der Waals surface area contributed by atoms with Crippen molar-refractivity contribution in [3.8, 4) is 39.5 Å². The van der Waals surface area contributed by atoms with Gasteiger partial charge in [0.1, 0.15) is 23.9 Å². The van der Waals surface area contributed by atoms with Crippen LogP contribution in [-0.2, 0) is 17.2 Å². The Kier molecular flexibility index (Phi) is 10.4. The van der Waals surface area contributed by atoms with Crippen molar-refractivity contribution in [3.05, 3.63) is 143 Å². The molecule has 10 rings (SSSR count). The molecule has 324 valence electrons. The molecule has 2 fully saturated rings. The molecule has 0 aromatic heterocycles. The zero-order valence-electron chi connectivity index (χ0n) is 36.2. The molecule has 0 bridgehead atoms. The third-order valence-corrected chi connectivity index (χ3v) is 13.8. The highest BCUT2D eigenvalue weighted by atomic mass is 19.4. The summed E-state index contributed by atoms with van der Waals surface area (Å²) in [6.45, 7) is 8.39. The van der Waals surface area contributed by atoms with E-state index in [9.17, 15) is 18.3 Å². The van der Waals surface area contributed by atoms with Crippen molar-refractivity contribution in [1.82, 2.24) is 0 Å². The Morgan fingerprint density at radius 2 is 1.40 bits per heavy atom. The monoisotopic (exact) mass is 850 g/mol. The van der Waals surface area contributed by atoms with Crippen LogP contribution in [0.25, 0.3) is 39.1 Å². The first-order valence-corrected chi connectivity index (χ1v) is 22.4. The average molecular weight is 851 g/mol. The Hall–Kier alpha value is -5.93. The molecule has 3 aliphatic heterocycles. The Labute approximate surface area is 367 Å². The fourth-order valence-electron chi connectivity index (χ4n) is 10.7. The van der Waals surface area contributed by atoms with Gasteiger partial charge >= 0.3 is 6.18 Å². The number of fused-ring (bicyclic) bond motifs is 8. The summed E-state index contributed by atoms with van der Waals surface area (Å²) in [5, 5.41) is 11.4. The molecule has 6 aromatic rings. The highest BCUT2D eigenvalue weighted by Gasteiger charge is 2.45. The van der Waals surface area contributed by atoms with Crippen molar-refractivity contribution < 1.29 is 32.5 Å². The van der Waals surface area contributed by atoms with Crippen molar-refractivity contribution in [2.75, 3.05) is 56.3 Å². The number of ether oxygens (including phenoxy) is 3. The van der Waals surface area contributed by atoms with Crippen molar-refractivity contribution >= 4 is 28.2 Å². The van der Waals surface area contributed by atoms with Gasteiger partial charge in [-0.15, -0.1) is 0 Å². The van der Waals surface area contributed by atoms with Crippen LogP contribution in [0.3, 0.4) is 0 Å². The standard InChI is InChI=1S/C54H53F3N2O4/c1-52(2)46-32-35(40-12-6-7-13-45(40)54(55,56)57)14-23-41(46)49-43-33-47(59-28-10-5-11-29-59)48(61-3)34-44(43)51-42(50(49)52)24-25-53(63-51,37-17-21-39(22-18-37)62-31-30-60)36-15-19-38(20-16-36)58-26-8-4-9-27-58/h6-7,12-25,32-34,60H,4-5,8-11,26-31H2,1-3H3. The van der Waals surface area contributed by atoms with Gasteiger partial charge in [0, 0.05) is 59.4 Å². The second-order valence-corrected chi connectivity index (χ2v) is 17.9. The molecule has 2 saturated heterocycles. The summed E-state index contributed by atoms with van der Waals surface area (Å²) in [4.78, 5) is 4.87. The van der Waals surface area contributed by atoms with Gasteiger partial charge in [-0.05, 0) is 132 Å². The molecule has 6 aromatic carbocycles. The zero-order valence-corrected chi connectivity index (χ0v) is 36.2. The number of piperidine rings is 2. The van der Waals surface area contributed by atoms with E-state index in [1.165, 1.54) is 37.4 Å². The first-order chi connectivity index (χ1) is 30.5. The number of methoxy groups -OCH3 is 1. The lowest BCUT2D eigenvalue weighted by molar-refractivity contribution is -0.137. The van der Waals surface area contributed by atoms with E-state index in [2.05, 4.69) is 72.2 Å². The van der Waals surface area contributed by atoms with Crippen LogP contribution in [0.1, 0.15) is 85.8 Å². The number of aliphatic hydroxyl groups is 1. The molecule has 1 N–H and O–H groups in total. The number of anilines is 2. The van der Waals surface area contributed by atoms with Crippen molar-refractivity contribution in [2.24, 2.45) is 0 Å². The average Bonchev–Trinajstić information content (AvgIpc) is 3.56. The third kappa shape index (κ3) is 7.00. The molecule has 63 heavy (non-hydrogen) atoms. The minimum absolute atomic E-state index is 0.0829. The van der Waals surface area contributed by atoms with Crippen LogP contribution in [0.15, 0.2) is 109 Å². The van der Waals surface area contributed by atoms with Gasteiger partial charge in [0.2, 0.25) is 0 Å². The van der Waals surface area contributed by atoms with Gasteiger partial charge < -0.3 is 29.1 Å². The van der Waals surface area contributed by atoms with Gasteiger partial charge in [-0.25, -0.2) is 0 Å². The van der Waals surface area contributed by atoms with Gasteiger partial charge in [-0.3, -0.25) is 0 Å². The van der Waals surface area contributed by atoms with Crippen LogP contribution in [0.5, 0.6) is 17.2 Å². The van der Waals surface area contributed by atoms with Crippen molar-refractivity contribution in [3.63, 3.8) is 0 Å². The third-order valence-electron chi connectivity index (χ3n) is 13.8. The zero-order chi connectivity index (χ0) is 43.5. The molecule has 0 amide bonds. The predicted molar refractivity (Wildman–Crippen MR) is 247 cm³/mol. The molecule has 4 aliphatic rings. The molecule has 0 saturated carbocycles. The maximum absolute atomic E-state index is 14.4. The van der Waals surface area contributed by atoms with Crippen LogP contribution < -0.4 is 24.0 Å². The lowest BCUT2D eigenvalue weighted by Crippen LogP contribution is -2.35. The van der Waals surface area contributed by atoms with Gasteiger partial charge in [-0.2, -0.15) is 13.2 Å². The molecular weight excluding hydrogens is 798 g/mol. The minimum Gasteiger partial charge on any atom is -0.495 e. The lowest BCUT2D eigenvalue weighted by Gasteiger charge is -2.39. The van der Waals surface area contributed by atoms with E-state index in [4.69, 9.17) is 14.2 Å². The minimum atomic E-state index is -4.50. The number of alkyl halides is 3. The topological polar surface area (TPSA) is 54.4 Å². The number of hydrogen-bond acceptors (Lipinski definition) is 6. The van der Waals surface area contributed by atoms with Crippen LogP contribution in [-0.4, -0.2) is 51.6 Å². The lowest BCUT2D eigenvalue weighted by atomic mass is 9.76. The number of hydrogen-bond donors (Lipinski definition) is 1. The highest BCUT2D eigenvalue weighted by Crippen LogP contribution is 2.60. The molecule has 0 radical (unpaired) electrons. The van der Waals surface area contributed by atoms with Crippen LogP contribution >= 0.6 is 0 Å². The van der Waals surface area contributed by atoms with Gasteiger partial charge in [0.25, 0.3) is 0 Å². The van der Waals surface area contributed by atoms with Gasteiger partial charge in [-0.1, -0.05) is 74.5 Å². The van der Waals surface area contributed by atoms with Crippen molar-refractivity contribution in [2.45, 2.75) is 69.6 Å². The van der Waals surface area contributed by atoms with E-state index in [0.717, 1.165) is 112 Å². The van der Waals surface area contributed by atoms with Crippen LogP contribution in [0.4, 0.5) is 24.5 Å². The highest BCUT2D eigenvalue weighted by molar-refractivity contribution is 6.10. The molecule has 1 atom stereocenters. The summed E-state index contributed by atoms with van der Waals surface area (Å²) < 4.78 is 63.0. The molecule has 3 heterocycles. The summed E-state index contributed by atoms with van der Waals surface area (Å²) >= 11 is 0. The fourth-order valence-corrected chi connectivity index (χ4v) is 10.7. The first-order valence-electron chi connectivity index (χ1n) is 22.4. The van der Waals surface area contributed by atoms with Crippen LogP contribution in [0, 0.1) is 0 Å². The Morgan fingerprint density at radius 1 is 0.730 bits per heavy atom. The first kappa shape index (κ1) is 41.1. The van der Waals surface area contributed by atoms with E-state index < -0.39 is 22.8 Å². The largest absolute Gasteiger partial charge is 0.495 e. The number of nitrogens with zero attached hydrogens (tertiary/aromatic N) is 2. The maximum Gasteiger partial charge on any atom is 0.417 e. The van der Waals surface area contributed by atoms with Gasteiger partial charge in [0.15, 0.2) is 5.60 Å². The fraction of sp³-hybridized carbons (Fsp3) is 0.333. The molecule has 1 unspecified atom stereocenters. The van der Waals surface area contributed by atoms with E-state index in [-0.39, 0.29) is 18.8 Å². The Morgan fingerprint density at radius 3 is 2.06 bits per heavy atom. The van der Waals surface area contributed by atoms with E-state index in [1.807, 2.05) is 42.5 Å². The molecule has 9 heteroatoms. The molecule has 6 nitrogen and oxygen atoms in total. The van der Waals surface area contributed by atoms with E-state index >= 15 is 0 Å². The summed E-state index contributed by atoms with van der Waals surface area (Å²) in [5.74, 6) is 2.14. The second-order valence-electron chi connectivity index (χ2n) is 17.9. The van der Waals surface area contributed by atoms with E-state index in [1.54, 1.807) is 19.2 Å². The quantitative estimate of drug-likeness (QED) is 0.156. The molecule has 0 spiro atoms. The van der Waals surface area contributed by atoms with Gasteiger partial charge in [0.05, 0.1) is 25.0 Å². The van der Waals surface area contributed by atoms with E-state index in [0.29, 0.717) is 11.3 Å². The maximum atomic E-state index is 14.4. The SMILES string of the molecule is COc1cc2c3c(c4c(c2cc1N1CCCCC1)-c1ccc(-c2ccccc2C(F)(F)F)cc1C4(C)C)C=CC(c1ccc(OCCO)cc1)(c1ccc(N2CCCCC2)cc1)O3. The summed E-state index contributed by atoms with van der Waals surface area (Å²) in [6, 6.07) is 32.7. The summed E-state index contributed by atoms with van der Waals surface area (Å²) in [7, 11) is 1.72. The summed E-state index contributed by atoms with van der Waals surface area (Å²) in [5.41, 5.74) is 7.52. The second kappa shape index (κ2) is 16.0. The summed E-state index contributed by atoms with van der Waals surface area (Å²) in [6.07, 6.45) is 6.86. The predicted octanol–water partition coefficient (Wildman–Crippen LogP) is 12.5. The Bertz CT molecular complexity index is 2710. The molecule has 1 aliphatic carbocycles. The number of rotatable bonds is 9. The van der Waals surface area contributed by atoms with Crippen molar-refractivity contribution in [1.29, 1.82) is 0 Å². The smallest absolute Gasteiger partial charge is 0.417 e. The number of benzene rings is 6. The normalized spacial score (nSPS) is 19.0. The number of halogens is 3. The Balaban J connectivity index is 1.20. The molecular formula is C54H53F3N2O4. The number of aliphatic hydroxyl groups excluding tert-OH is 1. The van der Waals surface area contributed by atoms with Crippen LogP contribution in [0.2, 0.25) is 0 Å².